The molecule has 1 nitrogen and oxygen atoms in total. The summed E-state index contributed by atoms with van der Waals surface area (Å²) in [5, 5.41) is 0. The van der Waals surface area contributed by atoms with Gasteiger partial charge in [-0.15, -0.1) is 0 Å². The maximum atomic E-state index is 12.0. The molecule has 0 saturated heterocycles. The Morgan fingerprint density at radius 3 is 2.33 bits per heavy atom. The van der Waals surface area contributed by atoms with Gasteiger partial charge in [-0.1, -0.05) is 13.8 Å². The van der Waals surface area contributed by atoms with E-state index in [1.807, 2.05) is 0 Å². The van der Waals surface area contributed by atoms with Crippen LogP contribution in [0.4, 0.5) is 0 Å². The van der Waals surface area contributed by atoms with E-state index in [0.29, 0.717) is 17.6 Å². The first kappa shape index (κ1) is 9.86. The summed E-state index contributed by atoms with van der Waals surface area (Å²) in [5.41, 5.74) is 0. The van der Waals surface area contributed by atoms with E-state index in [-0.39, 0.29) is 0 Å². The molecule has 4 unspecified atom stereocenters. The molecule has 3 rings (SSSR count). The van der Waals surface area contributed by atoms with Gasteiger partial charge in [0.25, 0.3) is 0 Å². The van der Waals surface area contributed by atoms with Gasteiger partial charge in [-0.2, -0.15) is 0 Å². The minimum Gasteiger partial charge on any atom is -0.299 e. The van der Waals surface area contributed by atoms with Gasteiger partial charge in [0, 0.05) is 12.3 Å². The number of hydrogen-bond acceptors (Lipinski definition) is 1. The first-order valence-corrected chi connectivity index (χ1v) is 6.71. The molecule has 0 aliphatic heterocycles. The Balaban J connectivity index is 1.56. The van der Waals surface area contributed by atoms with E-state index in [1.54, 1.807) is 0 Å². The highest BCUT2D eigenvalue weighted by Gasteiger charge is 2.66. The van der Waals surface area contributed by atoms with Crippen LogP contribution in [-0.2, 0) is 4.79 Å². The summed E-state index contributed by atoms with van der Waals surface area (Å²) in [7, 11) is 0. The van der Waals surface area contributed by atoms with E-state index in [2.05, 4.69) is 13.8 Å². The number of ketones is 1. The zero-order valence-corrected chi connectivity index (χ0v) is 9.91. The van der Waals surface area contributed by atoms with Crippen LogP contribution in [-0.4, -0.2) is 5.78 Å². The summed E-state index contributed by atoms with van der Waals surface area (Å²) in [5.74, 6) is 5.42. The average Bonchev–Trinajstić information content (AvgIpc) is 2.64. The minimum atomic E-state index is 0.523. The molecule has 15 heavy (non-hydrogen) atoms. The largest absolute Gasteiger partial charge is 0.299 e. The fourth-order valence-electron chi connectivity index (χ4n) is 4.35. The lowest BCUT2D eigenvalue weighted by molar-refractivity contribution is -0.121. The third-order valence-electron chi connectivity index (χ3n) is 5.08. The van der Waals surface area contributed by atoms with Crippen molar-refractivity contribution in [1.82, 2.24) is 0 Å². The van der Waals surface area contributed by atoms with Crippen molar-refractivity contribution >= 4 is 5.78 Å². The van der Waals surface area contributed by atoms with Gasteiger partial charge in [0.05, 0.1) is 0 Å². The van der Waals surface area contributed by atoms with Crippen LogP contribution < -0.4 is 0 Å². The molecule has 3 aliphatic rings. The fraction of sp³-hybridized carbons (Fsp3) is 0.929. The second-order valence-corrected chi connectivity index (χ2v) is 6.41. The number of carbonyl (C=O) groups is 1. The lowest BCUT2D eigenvalue weighted by Gasteiger charge is -2.08. The van der Waals surface area contributed by atoms with E-state index in [9.17, 15) is 4.79 Å². The Bertz CT molecular complexity index is 265. The lowest BCUT2D eigenvalue weighted by atomic mass is 9.96. The van der Waals surface area contributed by atoms with Gasteiger partial charge in [0.2, 0.25) is 0 Å². The Hall–Kier alpha value is -0.330. The minimum absolute atomic E-state index is 0.523. The van der Waals surface area contributed by atoms with Gasteiger partial charge in [-0.05, 0) is 55.3 Å². The molecule has 84 valence electrons. The molecular weight excluding hydrogens is 184 g/mol. The molecule has 2 bridgehead atoms. The van der Waals surface area contributed by atoms with Gasteiger partial charge in [0.1, 0.15) is 5.78 Å². The van der Waals surface area contributed by atoms with Crippen LogP contribution >= 0.6 is 0 Å². The summed E-state index contributed by atoms with van der Waals surface area (Å²) in [6.45, 7) is 4.43. The predicted octanol–water partition coefficient (Wildman–Crippen LogP) is 3.28. The SMILES string of the molecule is CC(C)CCC(=O)C1C2C3CCC(C3)C12. The van der Waals surface area contributed by atoms with Crippen LogP contribution in [0.25, 0.3) is 0 Å². The Kier molecular flexibility index (Phi) is 2.19. The Morgan fingerprint density at radius 2 is 1.80 bits per heavy atom. The maximum Gasteiger partial charge on any atom is 0.136 e. The lowest BCUT2D eigenvalue weighted by Crippen LogP contribution is -2.10. The highest BCUT2D eigenvalue weighted by molar-refractivity contribution is 5.84. The third kappa shape index (κ3) is 1.46. The molecule has 0 N–H and O–H groups in total. The normalized spacial score (nSPS) is 45.9. The van der Waals surface area contributed by atoms with E-state index >= 15 is 0 Å². The summed E-state index contributed by atoms with van der Waals surface area (Å²) >= 11 is 0. The van der Waals surface area contributed by atoms with Gasteiger partial charge in [0.15, 0.2) is 0 Å². The quantitative estimate of drug-likeness (QED) is 0.690. The number of rotatable bonds is 4. The van der Waals surface area contributed by atoms with Crippen molar-refractivity contribution in [1.29, 1.82) is 0 Å². The highest BCUT2D eigenvalue weighted by Crippen LogP contribution is 2.69. The summed E-state index contributed by atoms with van der Waals surface area (Å²) in [6, 6.07) is 0. The van der Waals surface area contributed by atoms with E-state index in [0.717, 1.165) is 36.5 Å². The average molecular weight is 206 g/mol. The molecule has 3 aliphatic carbocycles. The summed E-state index contributed by atoms with van der Waals surface area (Å²) in [4.78, 5) is 12.0. The van der Waals surface area contributed by atoms with Gasteiger partial charge >= 0.3 is 0 Å². The number of fused-ring (bicyclic) bond motifs is 5. The molecule has 3 saturated carbocycles. The molecule has 0 spiro atoms. The topological polar surface area (TPSA) is 17.1 Å². The van der Waals surface area contributed by atoms with Crippen molar-refractivity contribution < 1.29 is 4.79 Å². The van der Waals surface area contributed by atoms with Crippen LogP contribution in [0.15, 0.2) is 0 Å². The van der Waals surface area contributed by atoms with Gasteiger partial charge in [-0.3, -0.25) is 4.79 Å². The second kappa shape index (κ2) is 3.33. The molecule has 0 amide bonds. The predicted molar refractivity (Wildman–Crippen MR) is 60.4 cm³/mol. The van der Waals surface area contributed by atoms with Crippen molar-refractivity contribution in [2.75, 3.05) is 0 Å². The molecule has 0 aromatic rings. The first-order valence-electron chi connectivity index (χ1n) is 6.71. The smallest absolute Gasteiger partial charge is 0.136 e. The highest BCUT2D eigenvalue weighted by atomic mass is 16.1. The molecular formula is C14H22O. The first-order chi connectivity index (χ1) is 7.18. The van der Waals surface area contributed by atoms with Crippen LogP contribution in [0, 0.1) is 35.5 Å². The number of hydrogen-bond donors (Lipinski definition) is 0. The van der Waals surface area contributed by atoms with Crippen molar-refractivity contribution in [2.24, 2.45) is 35.5 Å². The van der Waals surface area contributed by atoms with Crippen molar-refractivity contribution in [2.45, 2.75) is 46.0 Å². The zero-order chi connectivity index (χ0) is 10.6. The molecule has 0 aromatic carbocycles. The standard InChI is InChI=1S/C14H22O/c1-8(2)3-6-11(15)14-12-9-4-5-10(7-9)13(12)14/h8-10,12-14H,3-7H2,1-2H3. The zero-order valence-electron chi connectivity index (χ0n) is 9.91. The fourth-order valence-corrected chi connectivity index (χ4v) is 4.35. The monoisotopic (exact) mass is 206 g/mol. The number of carbonyl (C=O) groups excluding carboxylic acids is 1. The summed E-state index contributed by atoms with van der Waals surface area (Å²) in [6.07, 6.45) is 6.28. The van der Waals surface area contributed by atoms with Crippen molar-refractivity contribution in [3.05, 3.63) is 0 Å². The number of Topliss-reactive ketones (excluding diaryl/α,β-unsaturated/α-hetero) is 1. The Morgan fingerprint density at radius 1 is 1.20 bits per heavy atom. The van der Waals surface area contributed by atoms with Gasteiger partial charge < -0.3 is 0 Å². The molecule has 3 fully saturated rings. The molecule has 0 aromatic heterocycles. The Labute approximate surface area is 92.6 Å². The van der Waals surface area contributed by atoms with Crippen LogP contribution in [0.2, 0.25) is 0 Å². The van der Waals surface area contributed by atoms with Gasteiger partial charge in [-0.25, -0.2) is 0 Å². The second-order valence-electron chi connectivity index (χ2n) is 6.41. The van der Waals surface area contributed by atoms with Crippen LogP contribution in [0.1, 0.15) is 46.0 Å². The van der Waals surface area contributed by atoms with E-state index in [4.69, 9.17) is 0 Å². The van der Waals surface area contributed by atoms with E-state index < -0.39 is 0 Å². The molecule has 0 radical (unpaired) electrons. The van der Waals surface area contributed by atoms with Crippen LogP contribution in [0.5, 0.6) is 0 Å². The third-order valence-corrected chi connectivity index (χ3v) is 5.08. The molecule has 1 heteroatoms. The van der Waals surface area contributed by atoms with Crippen molar-refractivity contribution in [3.8, 4) is 0 Å². The van der Waals surface area contributed by atoms with E-state index in [1.165, 1.54) is 19.3 Å². The maximum absolute atomic E-state index is 12.0. The molecule has 4 atom stereocenters. The summed E-state index contributed by atoms with van der Waals surface area (Å²) < 4.78 is 0. The molecule has 0 heterocycles. The van der Waals surface area contributed by atoms with Crippen molar-refractivity contribution in [3.63, 3.8) is 0 Å². The van der Waals surface area contributed by atoms with Crippen LogP contribution in [0.3, 0.4) is 0 Å².